The summed E-state index contributed by atoms with van der Waals surface area (Å²) in [5, 5.41) is 3.10. The lowest BCUT2D eigenvalue weighted by molar-refractivity contribution is 1.14. The zero-order valence-electron chi connectivity index (χ0n) is 8.27. The third-order valence-corrected chi connectivity index (χ3v) is 3.07. The second kappa shape index (κ2) is 3.80. The highest BCUT2D eigenvalue weighted by molar-refractivity contribution is 7.13. The molecule has 0 N–H and O–H groups in total. The van der Waals surface area contributed by atoms with Gasteiger partial charge in [0.05, 0.1) is 5.69 Å². The lowest BCUT2D eigenvalue weighted by Crippen LogP contribution is -2.08. The van der Waals surface area contributed by atoms with Gasteiger partial charge in [0.25, 0.3) is 0 Å². The van der Waals surface area contributed by atoms with Gasteiger partial charge in [0.1, 0.15) is 0 Å². The fourth-order valence-electron chi connectivity index (χ4n) is 1.26. The highest BCUT2D eigenvalue weighted by atomic mass is 32.1. The average Bonchev–Trinajstić information content (AvgIpc) is 2.65. The predicted octanol–water partition coefficient (Wildman–Crippen LogP) is 3.22. The second-order valence-electron chi connectivity index (χ2n) is 3.17. The Labute approximate surface area is 87.8 Å². The van der Waals surface area contributed by atoms with Gasteiger partial charge in [0.2, 0.25) is 0 Å². The summed E-state index contributed by atoms with van der Waals surface area (Å²) in [5.41, 5.74) is 2.25. The van der Waals surface area contributed by atoms with Crippen LogP contribution in [0.15, 0.2) is 35.7 Å². The first-order valence-electron chi connectivity index (χ1n) is 4.48. The van der Waals surface area contributed by atoms with E-state index in [0.29, 0.717) is 0 Å². The summed E-state index contributed by atoms with van der Waals surface area (Å²) in [6, 6.07) is 10.2. The number of hydrogen-bond acceptors (Lipinski definition) is 3. The first-order valence-corrected chi connectivity index (χ1v) is 5.36. The number of para-hydroxylation sites is 1. The van der Waals surface area contributed by atoms with Crippen LogP contribution in [0, 0.1) is 6.92 Å². The number of benzene rings is 1. The molecule has 2 nitrogen and oxygen atoms in total. The van der Waals surface area contributed by atoms with E-state index >= 15 is 0 Å². The van der Waals surface area contributed by atoms with Gasteiger partial charge in [0.15, 0.2) is 5.13 Å². The molecular weight excluding hydrogens is 192 g/mol. The van der Waals surface area contributed by atoms with Crippen LogP contribution >= 0.6 is 11.3 Å². The summed E-state index contributed by atoms with van der Waals surface area (Å²) >= 11 is 1.67. The number of aromatic nitrogens is 1. The van der Waals surface area contributed by atoms with E-state index in [9.17, 15) is 0 Å². The van der Waals surface area contributed by atoms with Crippen molar-refractivity contribution in [1.29, 1.82) is 0 Å². The number of aryl methyl sites for hydroxylation is 1. The molecule has 2 aromatic rings. The predicted molar refractivity (Wildman–Crippen MR) is 61.4 cm³/mol. The minimum absolute atomic E-state index is 1.04. The minimum Gasteiger partial charge on any atom is -0.321 e. The molecule has 0 unspecified atom stereocenters. The van der Waals surface area contributed by atoms with E-state index in [1.807, 2.05) is 32.2 Å². The van der Waals surface area contributed by atoms with Crippen LogP contribution in [-0.2, 0) is 0 Å². The quantitative estimate of drug-likeness (QED) is 0.746. The third-order valence-electron chi connectivity index (χ3n) is 2.04. The van der Waals surface area contributed by atoms with Crippen LogP contribution in [-0.4, -0.2) is 12.0 Å². The fourth-order valence-corrected chi connectivity index (χ4v) is 2.05. The lowest BCUT2D eigenvalue weighted by atomic mass is 10.3. The van der Waals surface area contributed by atoms with E-state index in [4.69, 9.17) is 0 Å². The molecule has 0 bridgehead atoms. The van der Waals surface area contributed by atoms with E-state index in [-0.39, 0.29) is 0 Å². The van der Waals surface area contributed by atoms with Crippen LogP contribution in [0.25, 0.3) is 0 Å². The molecule has 0 radical (unpaired) electrons. The minimum atomic E-state index is 1.04. The van der Waals surface area contributed by atoms with Crippen molar-refractivity contribution in [2.75, 3.05) is 11.9 Å². The van der Waals surface area contributed by atoms with Gasteiger partial charge in [-0.1, -0.05) is 18.2 Å². The molecule has 0 aliphatic heterocycles. The maximum atomic E-state index is 4.43. The van der Waals surface area contributed by atoms with Crippen LogP contribution in [0.5, 0.6) is 0 Å². The molecule has 1 aromatic heterocycles. The van der Waals surface area contributed by atoms with Crippen molar-refractivity contribution in [1.82, 2.24) is 4.98 Å². The molecule has 0 amide bonds. The molecule has 1 aromatic carbocycles. The topological polar surface area (TPSA) is 16.1 Å². The monoisotopic (exact) mass is 204 g/mol. The van der Waals surface area contributed by atoms with E-state index in [1.54, 1.807) is 11.3 Å². The fraction of sp³-hybridized carbons (Fsp3) is 0.182. The van der Waals surface area contributed by atoms with E-state index < -0.39 is 0 Å². The van der Waals surface area contributed by atoms with Gasteiger partial charge < -0.3 is 4.90 Å². The summed E-state index contributed by atoms with van der Waals surface area (Å²) in [4.78, 5) is 6.53. The van der Waals surface area contributed by atoms with Gasteiger partial charge >= 0.3 is 0 Å². The normalized spacial score (nSPS) is 10.1. The SMILES string of the molecule is Cc1csc(N(C)c2ccccc2)n1. The largest absolute Gasteiger partial charge is 0.321 e. The average molecular weight is 204 g/mol. The molecule has 0 aliphatic rings. The molecule has 0 atom stereocenters. The Morgan fingerprint density at radius 1 is 1.21 bits per heavy atom. The van der Waals surface area contributed by atoms with Gasteiger partial charge in [-0.3, -0.25) is 0 Å². The summed E-state index contributed by atoms with van der Waals surface area (Å²) < 4.78 is 0. The van der Waals surface area contributed by atoms with Crippen LogP contribution < -0.4 is 4.90 Å². The second-order valence-corrected chi connectivity index (χ2v) is 4.00. The number of hydrogen-bond donors (Lipinski definition) is 0. The van der Waals surface area contributed by atoms with E-state index in [0.717, 1.165) is 10.8 Å². The Balaban J connectivity index is 2.29. The van der Waals surface area contributed by atoms with Crippen molar-refractivity contribution in [3.05, 3.63) is 41.4 Å². The number of rotatable bonds is 2. The Hall–Kier alpha value is -1.35. The number of thiazole rings is 1. The Bertz CT molecular complexity index is 408. The summed E-state index contributed by atoms with van der Waals surface area (Å²) in [5.74, 6) is 0. The van der Waals surface area contributed by atoms with Crippen LogP contribution in [0.2, 0.25) is 0 Å². The molecule has 14 heavy (non-hydrogen) atoms. The highest BCUT2D eigenvalue weighted by Crippen LogP contribution is 2.25. The van der Waals surface area contributed by atoms with Crippen LogP contribution in [0.4, 0.5) is 10.8 Å². The van der Waals surface area contributed by atoms with Crippen molar-refractivity contribution < 1.29 is 0 Å². The first kappa shape index (κ1) is 9.21. The molecule has 1 heterocycles. The number of nitrogens with zero attached hydrogens (tertiary/aromatic N) is 2. The van der Waals surface area contributed by atoms with Crippen LogP contribution in [0.3, 0.4) is 0 Å². The summed E-state index contributed by atoms with van der Waals surface area (Å²) in [6.07, 6.45) is 0. The summed E-state index contributed by atoms with van der Waals surface area (Å²) in [6.45, 7) is 2.01. The molecule has 2 rings (SSSR count). The van der Waals surface area contributed by atoms with E-state index in [2.05, 4.69) is 27.4 Å². The van der Waals surface area contributed by atoms with Crippen molar-refractivity contribution in [2.24, 2.45) is 0 Å². The first-order chi connectivity index (χ1) is 6.77. The molecule has 0 saturated heterocycles. The van der Waals surface area contributed by atoms with Crippen molar-refractivity contribution in [3.63, 3.8) is 0 Å². The zero-order chi connectivity index (χ0) is 9.97. The smallest absolute Gasteiger partial charge is 0.189 e. The molecule has 0 spiro atoms. The lowest BCUT2D eigenvalue weighted by Gasteiger charge is -2.15. The molecule has 0 aliphatic carbocycles. The third kappa shape index (κ3) is 1.77. The Morgan fingerprint density at radius 2 is 1.93 bits per heavy atom. The van der Waals surface area contributed by atoms with Crippen molar-refractivity contribution in [3.8, 4) is 0 Å². The van der Waals surface area contributed by atoms with Crippen molar-refractivity contribution in [2.45, 2.75) is 6.92 Å². The maximum Gasteiger partial charge on any atom is 0.189 e. The molecule has 3 heteroatoms. The van der Waals surface area contributed by atoms with Gasteiger partial charge in [-0.15, -0.1) is 11.3 Å². The number of anilines is 2. The highest BCUT2D eigenvalue weighted by Gasteiger charge is 2.06. The molecule has 72 valence electrons. The van der Waals surface area contributed by atoms with Crippen molar-refractivity contribution >= 4 is 22.2 Å². The Morgan fingerprint density at radius 3 is 2.50 bits per heavy atom. The van der Waals surface area contributed by atoms with Gasteiger partial charge in [-0.2, -0.15) is 0 Å². The van der Waals surface area contributed by atoms with Crippen LogP contribution in [0.1, 0.15) is 5.69 Å². The standard InChI is InChI=1S/C11H12N2S/c1-9-8-14-11(12-9)13(2)10-6-4-3-5-7-10/h3-8H,1-2H3. The Kier molecular flexibility index (Phi) is 2.50. The summed E-state index contributed by atoms with van der Waals surface area (Å²) in [7, 11) is 2.04. The zero-order valence-corrected chi connectivity index (χ0v) is 9.08. The van der Waals surface area contributed by atoms with Gasteiger partial charge in [0, 0.05) is 18.1 Å². The molecule has 0 saturated carbocycles. The van der Waals surface area contributed by atoms with Gasteiger partial charge in [-0.05, 0) is 19.1 Å². The maximum absolute atomic E-state index is 4.43. The van der Waals surface area contributed by atoms with E-state index in [1.165, 1.54) is 5.69 Å². The molecular formula is C11H12N2S. The molecule has 0 fully saturated rings. The van der Waals surface area contributed by atoms with Gasteiger partial charge in [-0.25, -0.2) is 4.98 Å².